The number of aliphatic hydroxyl groups excluding tert-OH is 1. The molecule has 2 bridgehead atoms. The highest BCUT2D eigenvalue weighted by molar-refractivity contribution is 6.10. The van der Waals surface area contributed by atoms with Gasteiger partial charge < -0.3 is 111 Å². The number of ether oxygens (including phenoxy) is 1. The number of nitrogens with zero attached hydrogens (tertiary/aromatic N) is 1. The molecule has 15 amide bonds. The van der Waals surface area contributed by atoms with Crippen molar-refractivity contribution in [2.75, 3.05) is 32.0 Å². The largest absolute Gasteiger partial charge is 0.481 e. The third-order valence-corrected chi connectivity index (χ3v) is 18.3. The number of fused-ring (bicyclic) bond motifs is 3. The normalized spacial score (nSPS) is 21.8. The van der Waals surface area contributed by atoms with E-state index in [9.17, 15) is 116 Å². The first-order chi connectivity index (χ1) is 53.9. The number of ketones is 1. The highest BCUT2D eigenvalue weighted by atomic mass is 16.5. The minimum Gasteiger partial charge on any atom is -0.481 e. The van der Waals surface area contributed by atoms with Crippen molar-refractivity contribution in [1.29, 1.82) is 0 Å². The molecule has 5 rings (SSSR count). The Labute approximate surface area is 651 Å². The van der Waals surface area contributed by atoms with Gasteiger partial charge in [-0.05, 0) is 69.3 Å². The molecule has 1 aromatic heterocycles. The minimum absolute atomic E-state index is 0.0141. The zero-order chi connectivity index (χ0) is 84.6. The van der Waals surface area contributed by atoms with Crippen LogP contribution in [0.3, 0.4) is 0 Å². The predicted octanol–water partition coefficient (Wildman–Crippen LogP) is -5.45. The van der Waals surface area contributed by atoms with Gasteiger partial charge in [-0.1, -0.05) is 82.7 Å². The van der Waals surface area contributed by atoms with E-state index in [1.165, 1.54) is 24.3 Å². The number of aromatic nitrogens is 1. The molecule has 4 unspecified atom stereocenters. The van der Waals surface area contributed by atoms with Gasteiger partial charge in [0, 0.05) is 47.6 Å². The van der Waals surface area contributed by atoms with E-state index in [-0.39, 0.29) is 43.5 Å². The Balaban J connectivity index is 1.59. The third kappa shape index (κ3) is 29.0. The van der Waals surface area contributed by atoms with Crippen LogP contribution in [0.2, 0.25) is 0 Å². The number of imide groups is 1. The van der Waals surface area contributed by atoms with E-state index in [0.29, 0.717) is 34.2 Å². The summed E-state index contributed by atoms with van der Waals surface area (Å²) in [6.45, 7) is 1.23. The molecule has 114 heavy (non-hydrogen) atoms. The molecule has 2 saturated heterocycles. The lowest BCUT2D eigenvalue weighted by Crippen LogP contribution is -2.62. The van der Waals surface area contributed by atoms with Crippen LogP contribution in [0, 0.1) is 5.92 Å². The summed E-state index contributed by atoms with van der Waals surface area (Å²) in [7, 11) is 0. The fourth-order valence-corrected chi connectivity index (χ4v) is 12.2. The zero-order valence-electron chi connectivity index (χ0n) is 63.1. The molecule has 2 aliphatic rings. The number of aliphatic hydroxyl groups is 1. The average molecular weight is 1600 g/mol. The number of H-pyrrole nitrogens is 1. The molecule has 0 saturated carbocycles. The maximum Gasteiger partial charge on any atom is 0.329 e. The van der Waals surface area contributed by atoms with Crippen LogP contribution in [-0.4, -0.2) is 247 Å². The Morgan fingerprint density at radius 1 is 0.614 bits per heavy atom. The van der Waals surface area contributed by atoms with Crippen LogP contribution in [0.5, 0.6) is 0 Å². The van der Waals surface area contributed by atoms with Crippen LogP contribution < -0.4 is 81.0 Å². The number of esters is 1. The van der Waals surface area contributed by atoms with Gasteiger partial charge in [-0.3, -0.25) is 96.0 Å². The molecule has 13 atom stereocenters. The molecule has 3 heterocycles. The van der Waals surface area contributed by atoms with Crippen molar-refractivity contribution in [3.63, 3.8) is 0 Å². The van der Waals surface area contributed by atoms with Crippen molar-refractivity contribution in [3.8, 4) is 0 Å². The van der Waals surface area contributed by atoms with Crippen molar-refractivity contribution in [3.05, 3.63) is 65.9 Å². The second kappa shape index (κ2) is 45.1. The van der Waals surface area contributed by atoms with E-state index in [1.54, 1.807) is 30.5 Å². The fourth-order valence-electron chi connectivity index (χ4n) is 12.2. The number of rotatable bonds is 33. The van der Waals surface area contributed by atoms with Crippen LogP contribution in [-0.2, 0) is 102 Å². The number of carbonyl (C=O) groups is 20. The van der Waals surface area contributed by atoms with Crippen molar-refractivity contribution in [1.82, 2.24) is 73.7 Å². The number of cyclic esters (lactones) is 1. The topological polar surface area (TPSA) is 673 Å². The van der Waals surface area contributed by atoms with Crippen LogP contribution >= 0.6 is 0 Å². The van der Waals surface area contributed by atoms with Crippen LogP contribution in [0.25, 0.3) is 10.9 Å². The number of unbranched alkanes of at least 4 members (excludes halogenated alkanes) is 6. The lowest BCUT2D eigenvalue weighted by molar-refractivity contribution is -0.156. The number of amides is 15. The summed E-state index contributed by atoms with van der Waals surface area (Å²) >= 11 is 0. The fraction of sp³-hybridized carbons (Fsp3) is 0.528. The number of nitrogens with two attached hydrogens (primary N) is 3. The Hall–Kier alpha value is -12.5. The summed E-state index contributed by atoms with van der Waals surface area (Å²) in [5.41, 5.74) is 18.1. The van der Waals surface area contributed by atoms with Crippen LogP contribution in [0.4, 0.5) is 5.69 Å². The Bertz CT molecular complexity index is 4080. The van der Waals surface area contributed by atoms with E-state index < -0.39 is 255 Å². The van der Waals surface area contributed by atoms with Crippen molar-refractivity contribution in [2.45, 2.75) is 209 Å². The minimum atomic E-state index is -2.44. The first-order valence-electron chi connectivity index (χ1n) is 36.8. The number of para-hydroxylation sites is 2. The molecule has 0 spiro atoms. The van der Waals surface area contributed by atoms with Gasteiger partial charge in [0.15, 0.2) is 5.78 Å². The highest BCUT2D eigenvalue weighted by Gasteiger charge is 2.44. The Morgan fingerprint density at radius 2 is 1.22 bits per heavy atom. The summed E-state index contributed by atoms with van der Waals surface area (Å²) < 4.78 is 5.69. The summed E-state index contributed by atoms with van der Waals surface area (Å²) in [6, 6.07) is -9.90. The first-order valence-corrected chi connectivity index (χ1v) is 36.8. The summed E-state index contributed by atoms with van der Waals surface area (Å²) in [5.74, 6) is -28.5. The molecular formula is C72H99N17O25. The van der Waals surface area contributed by atoms with Gasteiger partial charge in [-0.15, -0.1) is 0 Å². The molecule has 42 heteroatoms. The average Bonchev–Trinajstić information content (AvgIpc) is 1.73. The monoisotopic (exact) mass is 1600 g/mol. The van der Waals surface area contributed by atoms with E-state index in [0.717, 1.165) is 52.9 Å². The van der Waals surface area contributed by atoms with Gasteiger partial charge in [-0.25, -0.2) is 4.79 Å². The number of carboxylic acids is 3. The number of hydrogen-bond acceptors (Lipinski definition) is 24. The van der Waals surface area contributed by atoms with Gasteiger partial charge in [0.05, 0.1) is 45.3 Å². The second-order valence-electron chi connectivity index (χ2n) is 27.5. The summed E-state index contributed by atoms with van der Waals surface area (Å²) in [6.07, 6.45) is -1.75. The van der Waals surface area contributed by atoms with E-state index in [2.05, 4.69) is 70.4 Å². The Morgan fingerprint density at radius 3 is 1.86 bits per heavy atom. The van der Waals surface area contributed by atoms with Gasteiger partial charge in [0.25, 0.3) is 5.91 Å². The zero-order valence-corrected chi connectivity index (χ0v) is 63.1. The number of carbonyl (C=O) groups excluding carboxylic acids is 17. The smallest absolute Gasteiger partial charge is 0.329 e. The van der Waals surface area contributed by atoms with E-state index in [4.69, 9.17) is 21.9 Å². The molecule has 2 fully saturated rings. The molecule has 0 radical (unpaired) electrons. The van der Waals surface area contributed by atoms with Gasteiger partial charge in [0.2, 0.25) is 82.7 Å². The molecule has 42 nitrogen and oxygen atoms in total. The second-order valence-corrected chi connectivity index (χ2v) is 27.5. The van der Waals surface area contributed by atoms with Crippen LogP contribution in [0.15, 0.2) is 54.7 Å². The molecule has 3 aromatic rings. The maximum absolute atomic E-state index is 14.8. The lowest BCUT2D eigenvalue weighted by atomic mass is 9.96. The molecule has 2 aliphatic heterocycles. The molecule has 622 valence electrons. The highest BCUT2D eigenvalue weighted by Crippen LogP contribution is 2.22. The standard InChI is InChI=1S/C72H99N17O25/c1-5-6-7-8-9-10-11-22-53(93)80-44(25-38-31-76-42-20-15-13-17-39(38)42)65(106)82-45(27-52(75)92)66(107)84-47(30-59(101)102)67(108)88-61-37(4)114-72(113)49(26-51(91)40-18-12-14-19-41(40)74)86-70(111)60(35(2)24-57(97)98)87-68(109)50(34-90)81-55(95)33-89-56(96)28-48(71(89)112)85-62(103)36(3)78-64(105)46(29-58(99)100)83-63(104)43(21-16-23-73)79-54(94)32-77-69(61)110/h12-15,17-20,31,35-37,43-50,60-61,76,90H,5-11,16,21-30,32-34,73-74H2,1-4H3,(H2,75,92)(H,77,110)(H,78,105)(H,79,94)(H,80,93)(H,81,95)(H,82,106)(H,83,104)(H,84,107)(H,85,103)(H,86,111)(H,87,109)(H,88,108)(H,97,98)(H,99,100)(H,101,102)/t35?,36-,37?,43-,44+,45+,46+,47+,48?,49+,50+,60+,61?/m1/s1. The Kier molecular flexibility index (Phi) is 36.5. The first kappa shape index (κ1) is 92.1. The number of Topliss-reactive ketones (excluding diaryl/α,β-unsaturated/α-hetero) is 1. The SMILES string of the molecule is CCCCCCCCCC(=O)N[C@@H](Cc1c[nH]c2ccccc12)C(=O)N[C@@H](CC(N)=O)C(=O)N[C@@H](CC(=O)O)C(=O)NC1C(=O)NCC(=O)N[C@H](CCCN)C(=O)N[C@@H](CC(=O)O)C(=O)N[C@H](C)C(=O)NC2CC(=O)N(CC(=O)N[C@@H](CO)C(=O)N[C@@H](C(C)CC(=O)O)C(=O)N[C@@H](CC(=O)c3ccccc3N)C(=O)OC1C)C2=O. The number of nitrogen functional groups attached to an aromatic ring is 1. The number of benzene rings is 2. The van der Waals surface area contributed by atoms with Crippen molar-refractivity contribution < 1.29 is 121 Å². The number of anilines is 1. The maximum atomic E-state index is 14.8. The van der Waals surface area contributed by atoms with Crippen molar-refractivity contribution in [2.24, 2.45) is 17.4 Å². The molecule has 23 N–H and O–H groups in total. The molecule has 2 aromatic carbocycles. The quantitative estimate of drug-likeness (QED) is 0.00889. The number of aromatic amines is 1. The van der Waals surface area contributed by atoms with Gasteiger partial charge in [-0.2, -0.15) is 0 Å². The van der Waals surface area contributed by atoms with Gasteiger partial charge >= 0.3 is 23.9 Å². The number of carboxylic acid groups (broad SMARTS) is 3. The van der Waals surface area contributed by atoms with E-state index in [1.807, 2.05) is 5.32 Å². The van der Waals surface area contributed by atoms with Gasteiger partial charge in [0.1, 0.15) is 79.1 Å². The molecular weight excluding hydrogens is 1500 g/mol. The number of primary amides is 1. The predicted molar refractivity (Wildman–Crippen MR) is 396 cm³/mol. The number of aliphatic carboxylic acids is 3. The van der Waals surface area contributed by atoms with E-state index >= 15 is 0 Å². The lowest BCUT2D eigenvalue weighted by Gasteiger charge is -2.30. The summed E-state index contributed by atoms with van der Waals surface area (Å²) in [5, 5.41) is 67.5. The van der Waals surface area contributed by atoms with Crippen molar-refractivity contribution >= 4 is 135 Å². The number of hydrogen-bond donors (Lipinski definition) is 20. The van der Waals surface area contributed by atoms with Crippen LogP contribution in [0.1, 0.15) is 146 Å². The molecule has 0 aliphatic carbocycles. The third-order valence-electron chi connectivity index (χ3n) is 18.3. The number of nitrogens with one attached hydrogen (secondary N) is 13. The summed E-state index contributed by atoms with van der Waals surface area (Å²) in [4.78, 5) is 278.